The first-order chi connectivity index (χ1) is 9.25. The van der Waals surface area contributed by atoms with Crippen molar-refractivity contribution in [1.29, 1.82) is 0 Å². The summed E-state index contributed by atoms with van der Waals surface area (Å²) in [5, 5.41) is 0. The summed E-state index contributed by atoms with van der Waals surface area (Å²) in [6.07, 6.45) is 2.13. The van der Waals surface area contributed by atoms with E-state index in [0.717, 1.165) is 25.1 Å². The predicted molar refractivity (Wildman–Crippen MR) is 80.1 cm³/mol. The van der Waals surface area contributed by atoms with E-state index in [0.29, 0.717) is 6.04 Å². The van der Waals surface area contributed by atoms with E-state index in [4.69, 9.17) is 5.73 Å². The number of para-hydroxylation sites is 1. The third-order valence-corrected chi connectivity index (χ3v) is 4.15. The molecular formula is C17H20N2. The molecule has 2 nitrogen and oxygen atoms in total. The normalized spacial score (nSPS) is 19.1. The Morgan fingerprint density at radius 3 is 2.68 bits per heavy atom. The van der Waals surface area contributed by atoms with Gasteiger partial charge in [0.25, 0.3) is 0 Å². The number of rotatable bonds is 2. The molecule has 0 amide bonds. The summed E-state index contributed by atoms with van der Waals surface area (Å²) in [5.41, 5.74) is 11.2. The zero-order valence-corrected chi connectivity index (χ0v) is 11.3. The first-order valence-electron chi connectivity index (χ1n) is 6.87. The van der Waals surface area contributed by atoms with Gasteiger partial charge >= 0.3 is 0 Å². The van der Waals surface area contributed by atoms with Crippen molar-refractivity contribution in [2.45, 2.75) is 18.9 Å². The van der Waals surface area contributed by atoms with Crippen LogP contribution >= 0.6 is 0 Å². The van der Waals surface area contributed by atoms with Crippen LogP contribution in [0, 0.1) is 0 Å². The van der Waals surface area contributed by atoms with Gasteiger partial charge in [-0.15, -0.1) is 0 Å². The second-order valence-electron chi connectivity index (χ2n) is 5.35. The third-order valence-electron chi connectivity index (χ3n) is 4.15. The highest BCUT2D eigenvalue weighted by Crippen LogP contribution is 2.32. The fourth-order valence-electron chi connectivity index (χ4n) is 2.97. The van der Waals surface area contributed by atoms with Gasteiger partial charge < -0.3 is 5.73 Å². The second-order valence-corrected chi connectivity index (χ2v) is 5.35. The van der Waals surface area contributed by atoms with Gasteiger partial charge in [-0.1, -0.05) is 42.5 Å². The van der Waals surface area contributed by atoms with Crippen LogP contribution in [0.4, 0.5) is 5.69 Å². The van der Waals surface area contributed by atoms with Crippen LogP contribution in [-0.4, -0.2) is 18.5 Å². The van der Waals surface area contributed by atoms with Crippen LogP contribution < -0.4 is 5.73 Å². The van der Waals surface area contributed by atoms with Gasteiger partial charge in [0.05, 0.1) is 0 Å². The summed E-state index contributed by atoms with van der Waals surface area (Å²) >= 11 is 0. The van der Waals surface area contributed by atoms with Crippen LogP contribution in [0.2, 0.25) is 0 Å². The van der Waals surface area contributed by atoms with Crippen molar-refractivity contribution in [3.8, 4) is 0 Å². The molecular weight excluding hydrogens is 232 g/mol. The molecule has 3 rings (SSSR count). The van der Waals surface area contributed by atoms with Crippen molar-refractivity contribution in [2.24, 2.45) is 0 Å². The summed E-state index contributed by atoms with van der Waals surface area (Å²) in [6, 6.07) is 17.4. The zero-order valence-electron chi connectivity index (χ0n) is 11.3. The number of benzene rings is 2. The molecule has 0 fully saturated rings. The Labute approximate surface area is 114 Å². The van der Waals surface area contributed by atoms with Crippen LogP contribution in [0.3, 0.4) is 0 Å². The lowest BCUT2D eigenvalue weighted by Crippen LogP contribution is -2.33. The van der Waals surface area contributed by atoms with Gasteiger partial charge in [-0.05, 0) is 42.6 Å². The summed E-state index contributed by atoms with van der Waals surface area (Å²) in [6.45, 7) is 1.12. The second kappa shape index (κ2) is 5.06. The number of nitrogen functional groups attached to an aromatic ring is 1. The molecule has 1 unspecified atom stereocenters. The van der Waals surface area contributed by atoms with Crippen molar-refractivity contribution >= 4 is 5.69 Å². The molecule has 1 aliphatic rings. The lowest BCUT2D eigenvalue weighted by Gasteiger charge is -2.35. The monoisotopic (exact) mass is 252 g/mol. The minimum absolute atomic E-state index is 0.439. The molecule has 0 saturated heterocycles. The number of anilines is 1. The molecule has 2 heteroatoms. The van der Waals surface area contributed by atoms with E-state index in [1.54, 1.807) is 0 Å². The molecule has 0 radical (unpaired) electrons. The van der Waals surface area contributed by atoms with Crippen LogP contribution in [0.15, 0.2) is 48.5 Å². The lowest BCUT2D eigenvalue weighted by atomic mass is 9.89. The maximum absolute atomic E-state index is 6.08. The molecule has 0 saturated carbocycles. The van der Waals surface area contributed by atoms with E-state index >= 15 is 0 Å². The quantitative estimate of drug-likeness (QED) is 0.832. The highest BCUT2D eigenvalue weighted by Gasteiger charge is 2.24. The van der Waals surface area contributed by atoms with Gasteiger partial charge in [-0.2, -0.15) is 0 Å². The van der Waals surface area contributed by atoms with Crippen molar-refractivity contribution in [3.63, 3.8) is 0 Å². The summed E-state index contributed by atoms with van der Waals surface area (Å²) < 4.78 is 0. The van der Waals surface area contributed by atoms with E-state index < -0.39 is 0 Å². The van der Waals surface area contributed by atoms with Gasteiger partial charge in [0.2, 0.25) is 0 Å². The van der Waals surface area contributed by atoms with Crippen LogP contribution in [0.25, 0.3) is 0 Å². The fraction of sp³-hybridized carbons (Fsp3) is 0.294. The Morgan fingerprint density at radius 2 is 1.84 bits per heavy atom. The van der Waals surface area contributed by atoms with Gasteiger partial charge in [0.15, 0.2) is 0 Å². The molecule has 1 aliphatic heterocycles. The predicted octanol–water partition coefficient (Wildman–Crippen LogP) is 3.04. The van der Waals surface area contributed by atoms with Gasteiger partial charge in [-0.25, -0.2) is 0 Å². The van der Waals surface area contributed by atoms with Crippen molar-refractivity contribution < 1.29 is 0 Å². The Hall–Kier alpha value is -1.80. The maximum Gasteiger partial charge on any atom is 0.0389 e. The number of nitrogens with two attached hydrogens (primary N) is 1. The molecule has 1 atom stereocenters. The minimum Gasteiger partial charge on any atom is -0.399 e. The van der Waals surface area contributed by atoms with E-state index in [9.17, 15) is 0 Å². The number of nitrogens with zero attached hydrogens (tertiary/aromatic N) is 1. The highest BCUT2D eigenvalue weighted by molar-refractivity contribution is 5.47. The zero-order chi connectivity index (χ0) is 13.2. The topological polar surface area (TPSA) is 29.3 Å². The molecule has 2 aromatic carbocycles. The van der Waals surface area contributed by atoms with Crippen molar-refractivity contribution in [1.82, 2.24) is 4.90 Å². The average Bonchev–Trinajstić information content (AvgIpc) is 2.44. The lowest BCUT2D eigenvalue weighted by molar-refractivity contribution is 0.229. The number of hydrogen-bond acceptors (Lipinski definition) is 2. The molecule has 0 bridgehead atoms. The van der Waals surface area contributed by atoms with Gasteiger partial charge in [-0.3, -0.25) is 4.90 Å². The largest absolute Gasteiger partial charge is 0.399 e. The Kier molecular flexibility index (Phi) is 3.26. The number of fused-ring (bicyclic) bond motifs is 1. The highest BCUT2D eigenvalue weighted by atomic mass is 15.1. The maximum atomic E-state index is 6.08. The van der Waals surface area contributed by atoms with E-state index in [1.807, 2.05) is 12.1 Å². The summed E-state index contributed by atoms with van der Waals surface area (Å²) in [7, 11) is 2.21. The molecule has 19 heavy (non-hydrogen) atoms. The molecule has 0 aromatic heterocycles. The van der Waals surface area contributed by atoms with Gasteiger partial charge in [0, 0.05) is 18.3 Å². The Balaban J connectivity index is 1.94. The summed E-state index contributed by atoms with van der Waals surface area (Å²) in [5.74, 6) is 0. The van der Waals surface area contributed by atoms with Crippen molar-refractivity contribution in [3.05, 3.63) is 65.2 Å². The smallest absolute Gasteiger partial charge is 0.0389 e. The standard InChI is InChI=1S/C17H20N2/c1-19-11-10-13-6-2-4-8-15(13)17(19)12-14-7-3-5-9-16(14)18/h2-9,17H,10-12,18H2,1H3. The first kappa shape index (κ1) is 12.2. The number of likely N-dealkylation sites (N-methyl/N-ethyl adjacent to an activating group) is 1. The van der Waals surface area contributed by atoms with Crippen LogP contribution in [0.1, 0.15) is 22.7 Å². The molecule has 2 N–H and O–H groups in total. The van der Waals surface area contributed by atoms with E-state index in [1.165, 1.54) is 16.7 Å². The van der Waals surface area contributed by atoms with Gasteiger partial charge in [0.1, 0.15) is 0 Å². The number of hydrogen-bond donors (Lipinski definition) is 1. The Bertz CT molecular complexity index is 577. The van der Waals surface area contributed by atoms with E-state index in [-0.39, 0.29) is 0 Å². The minimum atomic E-state index is 0.439. The summed E-state index contributed by atoms with van der Waals surface area (Å²) in [4.78, 5) is 2.44. The molecule has 0 aliphatic carbocycles. The molecule has 98 valence electrons. The van der Waals surface area contributed by atoms with E-state index in [2.05, 4.69) is 48.3 Å². The Morgan fingerprint density at radius 1 is 1.11 bits per heavy atom. The fourth-order valence-corrected chi connectivity index (χ4v) is 2.97. The molecule has 1 heterocycles. The van der Waals surface area contributed by atoms with Crippen molar-refractivity contribution in [2.75, 3.05) is 19.3 Å². The SMILES string of the molecule is CN1CCc2ccccc2C1Cc1ccccc1N. The molecule has 2 aromatic rings. The van der Waals surface area contributed by atoms with Crippen LogP contribution in [0.5, 0.6) is 0 Å². The average molecular weight is 252 g/mol. The van der Waals surface area contributed by atoms with Crippen LogP contribution in [-0.2, 0) is 12.8 Å². The third kappa shape index (κ3) is 2.36. The first-order valence-corrected chi connectivity index (χ1v) is 6.87. The molecule has 0 spiro atoms.